The number of nitrogens with zero attached hydrogens (tertiary/aromatic N) is 4. The van der Waals surface area contributed by atoms with Crippen molar-refractivity contribution in [1.82, 2.24) is 9.97 Å². The lowest BCUT2D eigenvalue weighted by Gasteiger charge is -2.35. The number of anilines is 3. The van der Waals surface area contributed by atoms with Gasteiger partial charge in [-0.25, -0.2) is 14.2 Å². The van der Waals surface area contributed by atoms with E-state index in [-0.39, 0.29) is 24.6 Å². The number of rotatable bonds is 9. The third kappa shape index (κ3) is 4.23. The Morgan fingerprint density at radius 1 is 1.27 bits per heavy atom. The monoisotopic (exact) mass is 419 g/mol. The minimum absolute atomic E-state index is 0.00956. The second-order valence-electron chi connectivity index (χ2n) is 6.68. The second kappa shape index (κ2) is 9.57. The minimum atomic E-state index is -0.644. The molecule has 9 nitrogen and oxygen atoms in total. The zero-order valence-electron chi connectivity index (χ0n) is 17.3. The number of amides is 2. The fourth-order valence-corrected chi connectivity index (χ4v) is 3.23. The first-order valence-electron chi connectivity index (χ1n) is 9.75. The molecule has 0 bridgehead atoms. The Balaban J connectivity index is 1.93. The molecule has 10 heteroatoms. The summed E-state index contributed by atoms with van der Waals surface area (Å²) in [6.45, 7) is 3.03. The van der Waals surface area contributed by atoms with Crippen molar-refractivity contribution in [2.24, 2.45) is 0 Å². The van der Waals surface area contributed by atoms with Crippen molar-refractivity contribution in [1.29, 1.82) is 0 Å². The van der Waals surface area contributed by atoms with Gasteiger partial charge in [0.1, 0.15) is 11.6 Å². The number of carbonyl (C=O) groups excluding carboxylic acids is 1. The number of unbranched alkanes of at least 4 members (excludes halogenated alkanes) is 1. The summed E-state index contributed by atoms with van der Waals surface area (Å²) in [6.07, 6.45) is 3.09. The molecule has 0 spiro atoms. The maximum atomic E-state index is 15.0. The van der Waals surface area contributed by atoms with E-state index < -0.39 is 11.8 Å². The molecule has 2 heterocycles. The highest BCUT2D eigenvalue weighted by molar-refractivity contribution is 6.05. The van der Waals surface area contributed by atoms with Gasteiger partial charge in [0.25, 0.3) is 0 Å². The molecule has 1 aliphatic rings. The smallest absolute Gasteiger partial charge is 0.330 e. The highest BCUT2D eigenvalue weighted by atomic mass is 19.1. The van der Waals surface area contributed by atoms with Gasteiger partial charge < -0.3 is 19.9 Å². The van der Waals surface area contributed by atoms with Gasteiger partial charge in [-0.2, -0.15) is 4.98 Å². The summed E-state index contributed by atoms with van der Waals surface area (Å²) >= 11 is 0. The summed E-state index contributed by atoms with van der Waals surface area (Å²) < 4.78 is 25.3. The molecule has 30 heavy (non-hydrogen) atoms. The van der Waals surface area contributed by atoms with Gasteiger partial charge in [-0.05, 0) is 19.8 Å². The van der Waals surface area contributed by atoms with Gasteiger partial charge in [0, 0.05) is 43.6 Å². The zero-order chi connectivity index (χ0) is 21.7. The van der Waals surface area contributed by atoms with E-state index in [1.807, 2.05) is 6.92 Å². The number of fused-ring (bicyclic) bond motifs is 1. The van der Waals surface area contributed by atoms with E-state index in [0.717, 1.165) is 6.42 Å². The first kappa shape index (κ1) is 21.6. The van der Waals surface area contributed by atoms with Gasteiger partial charge in [-0.1, -0.05) is 0 Å². The van der Waals surface area contributed by atoms with Crippen molar-refractivity contribution in [3.63, 3.8) is 0 Å². The van der Waals surface area contributed by atoms with E-state index in [1.54, 1.807) is 6.20 Å². The van der Waals surface area contributed by atoms with Crippen LogP contribution < -0.4 is 24.6 Å². The van der Waals surface area contributed by atoms with Crippen LogP contribution in [0.3, 0.4) is 0 Å². The summed E-state index contributed by atoms with van der Waals surface area (Å²) in [5, 5.41) is 12.0. The Hall–Kier alpha value is -3.14. The second-order valence-corrected chi connectivity index (χ2v) is 6.68. The molecule has 0 saturated carbocycles. The highest BCUT2D eigenvalue weighted by Crippen LogP contribution is 2.37. The summed E-state index contributed by atoms with van der Waals surface area (Å²) in [7, 11) is 2.82. The van der Waals surface area contributed by atoms with Crippen molar-refractivity contribution < 1.29 is 23.8 Å². The molecular weight excluding hydrogens is 393 g/mol. The third-order valence-corrected chi connectivity index (χ3v) is 4.81. The standard InChI is InChI=1S/C20H26FN5O4/c1-4-25-18-13(11-23-19(24-18)22-7-5-6-8-27)12-26(20(25)28)15-9-14(29-2)10-16(30-3)17(15)21/h9-11,27H,4-8,12H2,1-3H3,(H,22,23,24). The van der Waals surface area contributed by atoms with Crippen molar-refractivity contribution in [3.8, 4) is 11.5 Å². The molecular formula is C20H26FN5O4. The number of halogens is 1. The maximum Gasteiger partial charge on any atom is 0.330 e. The fourth-order valence-electron chi connectivity index (χ4n) is 3.23. The molecule has 3 rings (SSSR count). The normalized spacial score (nSPS) is 13.3. The number of urea groups is 1. The van der Waals surface area contributed by atoms with Crippen LogP contribution in [0.5, 0.6) is 11.5 Å². The number of aliphatic hydroxyl groups excluding tert-OH is 1. The Kier molecular flexibility index (Phi) is 6.88. The highest BCUT2D eigenvalue weighted by Gasteiger charge is 2.34. The predicted molar refractivity (Wildman–Crippen MR) is 111 cm³/mol. The molecule has 0 aliphatic carbocycles. The SMILES string of the molecule is CCN1C(=O)N(c2cc(OC)cc(OC)c2F)Cc2cnc(NCCCCO)nc21. The molecule has 0 fully saturated rings. The lowest BCUT2D eigenvalue weighted by Crippen LogP contribution is -2.48. The Morgan fingerprint density at radius 3 is 2.73 bits per heavy atom. The number of aromatic nitrogens is 2. The van der Waals surface area contributed by atoms with E-state index in [2.05, 4.69) is 15.3 Å². The molecule has 2 amide bonds. The number of ether oxygens (including phenoxy) is 2. The Labute approximate surface area is 174 Å². The van der Waals surface area contributed by atoms with Crippen LogP contribution in [0.1, 0.15) is 25.3 Å². The molecule has 0 radical (unpaired) electrons. The first-order valence-corrected chi connectivity index (χ1v) is 9.75. The molecule has 1 aromatic heterocycles. The average Bonchev–Trinajstić information content (AvgIpc) is 2.76. The lowest BCUT2D eigenvalue weighted by atomic mass is 10.1. The van der Waals surface area contributed by atoms with Crippen LogP contribution in [0.15, 0.2) is 18.3 Å². The van der Waals surface area contributed by atoms with E-state index in [1.165, 1.54) is 36.2 Å². The van der Waals surface area contributed by atoms with Gasteiger partial charge >= 0.3 is 6.03 Å². The van der Waals surface area contributed by atoms with Crippen molar-refractivity contribution >= 4 is 23.5 Å². The van der Waals surface area contributed by atoms with Gasteiger partial charge in [0.15, 0.2) is 11.6 Å². The maximum absolute atomic E-state index is 15.0. The van der Waals surface area contributed by atoms with Crippen LogP contribution in [0.2, 0.25) is 0 Å². The largest absolute Gasteiger partial charge is 0.497 e. The van der Waals surface area contributed by atoms with Gasteiger partial charge in [0.2, 0.25) is 5.95 Å². The molecule has 0 atom stereocenters. The molecule has 162 valence electrons. The van der Waals surface area contributed by atoms with Gasteiger partial charge in [-0.3, -0.25) is 9.80 Å². The Morgan fingerprint density at radius 2 is 2.07 bits per heavy atom. The minimum Gasteiger partial charge on any atom is -0.497 e. The molecule has 0 unspecified atom stereocenters. The first-order chi connectivity index (χ1) is 14.5. The third-order valence-electron chi connectivity index (χ3n) is 4.81. The van der Waals surface area contributed by atoms with Crippen molar-refractivity contribution in [3.05, 3.63) is 29.7 Å². The lowest BCUT2D eigenvalue weighted by molar-refractivity contribution is 0.250. The topological polar surface area (TPSA) is 100 Å². The Bertz CT molecular complexity index is 911. The average molecular weight is 419 g/mol. The predicted octanol–water partition coefficient (Wildman–Crippen LogP) is 2.78. The summed E-state index contributed by atoms with van der Waals surface area (Å²) in [5.74, 6) is 0.622. The van der Waals surface area contributed by atoms with Crippen molar-refractivity contribution in [2.45, 2.75) is 26.3 Å². The van der Waals surface area contributed by atoms with Crippen LogP contribution in [-0.4, -0.2) is 55.0 Å². The number of aliphatic hydroxyl groups is 1. The number of nitrogens with one attached hydrogen (secondary N) is 1. The number of hydrogen-bond acceptors (Lipinski definition) is 7. The summed E-state index contributed by atoms with van der Waals surface area (Å²) in [6, 6.07) is 2.49. The van der Waals surface area contributed by atoms with Crippen molar-refractivity contribution in [2.75, 3.05) is 49.0 Å². The van der Waals surface area contributed by atoms with Crippen LogP contribution in [-0.2, 0) is 6.54 Å². The molecule has 0 saturated heterocycles. The zero-order valence-corrected chi connectivity index (χ0v) is 17.3. The molecule has 1 aromatic carbocycles. The van der Waals surface area contributed by atoms with Crippen LogP contribution in [0, 0.1) is 5.82 Å². The van der Waals surface area contributed by atoms with Gasteiger partial charge in [0.05, 0.1) is 26.5 Å². The number of hydrogen-bond donors (Lipinski definition) is 2. The quantitative estimate of drug-likeness (QED) is 0.603. The van der Waals surface area contributed by atoms with E-state index in [4.69, 9.17) is 14.6 Å². The molecule has 2 N–H and O–H groups in total. The number of carbonyl (C=O) groups is 1. The fraction of sp³-hybridized carbons (Fsp3) is 0.450. The summed E-state index contributed by atoms with van der Waals surface area (Å²) in [4.78, 5) is 24.8. The van der Waals surface area contributed by atoms with E-state index >= 15 is 0 Å². The molecule has 2 aromatic rings. The molecule has 1 aliphatic heterocycles. The summed E-state index contributed by atoms with van der Waals surface area (Å²) in [5.41, 5.74) is 0.755. The van der Waals surface area contributed by atoms with Crippen LogP contribution >= 0.6 is 0 Å². The number of benzene rings is 1. The van der Waals surface area contributed by atoms with Crippen LogP contribution in [0.4, 0.5) is 26.6 Å². The van der Waals surface area contributed by atoms with Gasteiger partial charge in [-0.15, -0.1) is 0 Å². The van der Waals surface area contributed by atoms with E-state index in [0.29, 0.717) is 42.6 Å². The van der Waals surface area contributed by atoms with E-state index in [9.17, 15) is 9.18 Å². The number of methoxy groups -OCH3 is 2. The van der Waals surface area contributed by atoms with Crippen LogP contribution in [0.25, 0.3) is 0 Å².